The maximum atomic E-state index is 5.90. The molecule has 17 heavy (non-hydrogen) atoms. The van der Waals surface area contributed by atoms with Gasteiger partial charge in [-0.25, -0.2) is 0 Å². The zero-order chi connectivity index (χ0) is 13.1. The van der Waals surface area contributed by atoms with Crippen LogP contribution in [0.4, 0.5) is 0 Å². The lowest BCUT2D eigenvalue weighted by Gasteiger charge is -2.25. The Morgan fingerprint density at radius 2 is 1.82 bits per heavy atom. The molecule has 0 aliphatic carbocycles. The van der Waals surface area contributed by atoms with E-state index in [1.54, 1.807) is 12.4 Å². The molecule has 1 heterocycles. The van der Waals surface area contributed by atoms with E-state index in [2.05, 4.69) is 31.1 Å². The van der Waals surface area contributed by atoms with E-state index in [1.807, 2.05) is 26.8 Å². The van der Waals surface area contributed by atoms with Crippen LogP contribution in [0.1, 0.15) is 47.1 Å². The van der Waals surface area contributed by atoms with Gasteiger partial charge in [-0.3, -0.25) is 4.98 Å². The lowest BCUT2D eigenvalue weighted by Crippen LogP contribution is -2.35. The van der Waals surface area contributed by atoms with Gasteiger partial charge in [0, 0.05) is 23.8 Å². The second-order valence-electron chi connectivity index (χ2n) is 6.30. The summed E-state index contributed by atoms with van der Waals surface area (Å²) >= 11 is 0. The number of nitrogens with zero attached hydrogens (tertiary/aromatic N) is 1. The van der Waals surface area contributed by atoms with Crippen LogP contribution in [0, 0.1) is 0 Å². The van der Waals surface area contributed by atoms with Crippen molar-refractivity contribution in [3.63, 3.8) is 0 Å². The van der Waals surface area contributed by atoms with Crippen molar-refractivity contribution in [2.45, 2.75) is 59.2 Å². The Hall–Kier alpha value is -1.09. The first-order valence-electron chi connectivity index (χ1n) is 6.04. The van der Waals surface area contributed by atoms with Crippen molar-refractivity contribution in [1.29, 1.82) is 0 Å². The molecule has 1 aromatic heterocycles. The van der Waals surface area contributed by atoms with E-state index < -0.39 is 0 Å². The maximum absolute atomic E-state index is 5.90. The molecule has 0 fully saturated rings. The van der Waals surface area contributed by atoms with Gasteiger partial charge < -0.3 is 10.1 Å². The predicted octanol–water partition coefficient (Wildman–Crippen LogP) is 3.15. The van der Waals surface area contributed by atoms with E-state index in [-0.39, 0.29) is 11.1 Å². The second kappa shape index (κ2) is 5.05. The summed E-state index contributed by atoms with van der Waals surface area (Å²) in [5.41, 5.74) is 1.05. The Morgan fingerprint density at radius 1 is 1.18 bits per heavy atom. The van der Waals surface area contributed by atoms with E-state index >= 15 is 0 Å². The molecule has 3 heteroatoms. The molecule has 0 aromatic carbocycles. The van der Waals surface area contributed by atoms with Crippen LogP contribution in [0.2, 0.25) is 0 Å². The zero-order valence-corrected chi connectivity index (χ0v) is 11.8. The van der Waals surface area contributed by atoms with Crippen LogP contribution in [0.3, 0.4) is 0 Å². The summed E-state index contributed by atoms with van der Waals surface area (Å²) in [4.78, 5) is 4.12. The highest BCUT2D eigenvalue weighted by atomic mass is 16.5. The zero-order valence-electron chi connectivity index (χ0n) is 11.8. The van der Waals surface area contributed by atoms with E-state index in [0.717, 1.165) is 17.9 Å². The molecule has 0 radical (unpaired) electrons. The summed E-state index contributed by atoms with van der Waals surface area (Å²) < 4.78 is 5.90. The highest BCUT2D eigenvalue weighted by Gasteiger charge is 2.16. The van der Waals surface area contributed by atoms with Gasteiger partial charge in [0.1, 0.15) is 11.4 Å². The molecular formula is C14H24N2O. The van der Waals surface area contributed by atoms with Gasteiger partial charge in [-0.1, -0.05) is 0 Å². The number of hydrogen-bond acceptors (Lipinski definition) is 3. The smallest absolute Gasteiger partial charge is 0.142 e. The molecule has 0 bridgehead atoms. The molecule has 3 nitrogen and oxygen atoms in total. The minimum atomic E-state index is -0.195. The first-order chi connectivity index (χ1) is 7.67. The quantitative estimate of drug-likeness (QED) is 0.875. The van der Waals surface area contributed by atoms with Crippen molar-refractivity contribution in [2.75, 3.05) is 0 Å². The van der Waals surface area contributed by atoms with E-state index in [1.165, 1.54) is 0 Å². The van der Waals surface area contributed by atoms with Crippen molar-refractivity contribution in [2.24, 2.45) is 0 Å². The molecule has 0 unspecified atom stereocenters. The molecule has 0 saturated heterocycles. The van der Waals surface area contributed by atoms with Crippen molar-refractivity contribution < 1.29 is 4.74 Å². The topological polar surface area (TPSA) is 34.2 Å². The van der Waals surface area contributed by atoms with Crippen molar-refractivity contribution in [3.8, 4) is 5.75 Å². The van der Waals surface area contributed by atoms with Crippen LogP contribution in [-0.2, 0) is 6.54 Å². The third-order valence-corrected chi connectivity index (χ3v) is 2.10. The molecule has 0 spiro atoms. The molecule has 0 atom stereocenters. The summed E-state index contributed by atoms with van der Waals surface area (Å²) in [6, 6.07) is 2.00. The largest absolute Gasteiger partial charge is 0.486 e. The van der Waals surface area contributed by atoms with Crippen LogP contribution >= 0.6 is 0 Å². The first kappa shape index (κ1) is 14.0. The Morgan fingerprint density at radius 3 is 2.35 bits per heavy atom. The number of hydrogen-bond donors (Lipinski definition) is 1. The monoisotopic (exact) mass is 236 g/mol. The number of ether oxygens (including phenoxy) is 1. The van der Waals surface area contributed by atoms with Crippen LogP contribution in [-0.4, -0.2) is 16.1 Å². The van der Waals surface area contributed by atoms with Gasteiger partial charge in [0.05, 0.1) is 6.20 Å². The average molecular weight is 236 g/mol. The lowest BCUT2D eigenvalue weighted by molar-refractivity contribution is 0.128. The second-order valence-corrected chi connectivity index (χ2v) is 6.30. The third kappa shape index (κ3) is 5.68. The van der Waals surface area contributed by atoms with E-state index in [0.29, 0.717) is 0 Å². The molecule has 1 N–H and O–H groups in total. The number of aromatic nitrogens is 1. The number of nitrogens with one attached hydrogen (secondary N) is 1. The Kier molecular flexibility index (Phi) is 4.15. The Labute approximate surface area is 105 Å². The van der Waals surface area contributed by atoms with Crippen LogP contribution in [0.5, 0.6) is 5.75 Å². The normalized spacial score (nSPS) is 12.6. The molecule has 0 aliphatic rings. The van der Waals surface area contributed by atoms with Crippen molar-refractivity contribution in [1.82, 2.24) is 10.3 Å². The molecule has 1 rings (SSSR count). The van der Waals surface area contributed by atoms with Crippen LogP contribution in [0.15, 0.2) is 18.5 Å². The third-order valence-electron chi connectivity index (χ3n) is 2.10. The maximum Gasteiger partial charge on any atom is 0.142 e. The van der Waals surface area contributed by atoms with Gasteiger partial charge in [0.15, 0.2) is 0 Å². The number of rotatable bonds is 3. The summed E-state index contributed by atoms with van der Waals surface area (Å²) in [6.45, 7) is 13.4. The summed E-state index contributed by atoms with van der Waals surface area (Å²) in [6.07, 6.45) is 3.58. The number of pyridine rings is 1. The summed E-state index contributed by atoms with van der Waals surface area (Å²) in [7, 11) is 0. The molecule has 0 saturated carbocycles. The van der Waals surface area contributed by atoms with Crippen LogP contribution in [0.25, 0.3) is 0 Å². The molecule has 1 aromatic rings. The molecule has 0 aliphatic heterocycles. The van der Waals surface area contributed by atoms with E-state index in [4.69, 9.17) is 4.74 Å². The van der Waals surface area contributed by atoms with Gasteiger partial charge >= 0.3 is 0 Å². The SMILES string of the molecule is CC(C)(C)NCc1ccncc1OC(C)(C)C. The van der Waals surface area contributed by atoms with Gasteiger partial charge in [-0.15, -0.1) is 0 Å². The fourth-order valence-corrected chi connectivity index (χ4v) is 1.34. The van der Waals surface area contributed by atoms with Gasteiger partial charge in [0.2, 0.25) is 0 Å². The standard InChI is InChI=1S/C14H24N2O/c1-13(2,3)16-9-11-7-8-15-10-12(11)17-14(4,5)6/h7-8,10,16H,9H2,1-6H3. The summed E-state index contributed by atoms with van der Waals surface area (Å²) in [5.74, 6) is 0.858. The molecule has 96 valence electrons. The Balaban J connectivity index is 2.78. The Bertz CT molecular complexity index is 361. The minimum absolute atomic E-state index is 0.0995. The van der Waals surface area contributed by atoms with Gasteiger partial charge in [-0.05, 0) is 47.6 Å². The minimum Gasteiger partial charge on any atom is -0.486 e. The van der Waals surface area contributed by atoms with Crippen LogP contribution < -0.4 is 10.1 Å². The van der Waals surface area contributed by atoms with E-state index in [9.17, 15) is 0 Å². The van der Waals surface area contributed by atoms with Crippen molar-refractivity contribution in [3.05, 3.63) is 24.0 Å². The average Bonchev–Trinajstić information content (AvgIpc) is 2.12. The summed E-state index contributed by atoms with van der Waals surface area (Å²) in [5, 5.41) is 3.46. The van der Waals surface area contributed by atoms with Gasteiger partial charge in [-0.2, -0.15) is 0 Å². The van der Waals surface area contributed by atoms with Gasteiger partial charge in [0.25, 0.3) is 0 Å². The first-order valence-corrected chi connectivity index (χ1v) is 6.04. The fourth-order valence-electron chi connectivity index (χ4n) is 1.34. The molecule has 0 amide bonds. The fraction of sp³-hybridized carbons (Fsp3) is 0.643. The predicted molar refractivity (Wildman–Crippen MR) is 71.2 cm³/mol. The molecular weight excluding hydrogens is 212 g/mol. The van der Waals surface area contributed by atoms with Crippen molar-refractivity contribution >= 4 is 0 Å². The highest BCUT2D eigenvalue weighted by molar-refractivity contribution is 5.30. The lowest BCUT2D eigenvalue weighted by atomic mass is 10.1. The highest BCUT2D eigenvalue weighted by Crippen LogP contribution is 2.22.